The SMILES string of the molecule is NCC(=O)N1CCN(S(=O)(=O)c2ccc(C(F)(F)F)cc2)CC1. The summed E-state index contributed by atoms with van der Waals surface area (Å²) >= 11 is 0. The number of sulfonamides is 1. The van der Waals surface area contributed by atoms with Gasteiger partial charge in [-0.3, -0.25) is 4.79 Å². The van der Waals surface area contributed by atoms with Crippen LogP contribution in [0.2, 0.25) is 0 Å². The Labute approximate surface area is 131 Å². The second kappa shape index (κ2) is 6.46. The van der Waals surface area contributed by atoms with Crippen LogP contribution in [-0.4, -0.2) is 56.3 Å². The van der Waals surface area contributed by atoms with Gasteiger partial charge >= 0.3 is 6.18 Å². The maximum Gasteiger partial charge on any atom is 0.416 e. The molecule has 0 bridgehead atoms. The first-order valence-corrected chi connectivity index (χ1v) is 8.25. The molecule has 0 radical (unpaired) electrons. The summed E-state index contributed by atoms with van der Waals surface area (Å²) in [7, 11) is -3.88. The van der Waals surface area contributed by atoms with Crippen LogP contribution >= 0.6 is 0 Å². The summed E-state index contributed by atoms with van der Waals surface area (Å²) < 4.78 is 63.5. The standard InChI is InChI=1S/C13H16F3N3O3S/c14-13(15,16)10-1-3-11(4-2-10)23(21,22)19-7-5-18(6-8-19)12(20)9-17/h1-4H,5-9,17H2. The molecule has 1 aliphatic rings. The zero-order chi connectivity index (χ0) is 17.3. The number of carbonyl (C=O) groups excluding carboxylic acids is 1. The van der Waals surface area contributed by atoms with Crippen molar-refractivity contribution in [2.24, 2.45) is 5.73 Å². The maximum atomic E-state index is 12.5. The second-order valence-corrected chi connectivity index (χ2v) is 6.95. The number of piperazine rings is 1. The molecule has 1 amide bonds. The van der Waals surface area contributed by atoms with Gasteiger partial charge in [0, 0.05) is 26.2 Å². The molecule has 2 rings (SSSR count). The van der Waals surface area contributed by atoms with E-state index in [1.165, 1.54) is 4.90 Å². The van der Waals surface area contributed by atoms with E-state index in [-0.39, 0.29) is 43.5 Å². The van der Waals surface area contributed by atoms with Crippen LogP contribution < -0.4 is 5.73 Å². The van der Waals surface area contributed by atoms with Crippen molar-refractivity contribution in [3.63, 3.8) is 0 Å². The van der Waals surface area contributed by atoms with Gasteiger partial charge in [0.1, 0.15) is 0 Å². The van der Waals surface area contributed by atoms with Crippen LogP contribution in [0.1, 0.15) is 5.56 Å². The molecule has 1 aliphatic heterocycles. The molecule has 1 fully saturated rings. The molecule has 1 aromatic rings. The molecule has 1 aromatic carbocycles. The monoisotopic (exact) mass is 351 g/mol. The highest BCUT2D eigenvalue weighted by Crippen LogP contribution is 2.30. The summed E-state index contributed by atoms with van der Waals surface area (Å²) in [4.78, 5) is 12.7. The van der Waals surface area contributed by atoms with Gasteiger partial charge in [-0.1, -0.05) is 0 Å². The molecule has 1 saturated heterocycles. The largest absolute Gasteiger partial charge is 0.416 e. The lowest BCUT2D eigenvalue weighted by Crippen LogP contribution is -2.51. The Morgan fingerprint density at radius 3 is 2.04 bits per heavy atom. The van der Waals surface area contributed by atoms with Gasteiger partial charge < -0.3 is 10.6 Å². The molecule has 0 aliphatic carbocycles. The average Bonchev–Trinajstić information content (AvgIpc) is 2.53. The lowest BCUT2D eigenvalue weighted by molar-refractivity contribution is -0.137. The zero-order valence-electron chi connectivity index (χ0n) is 12.1. The van der Waals surface area contributed by atoms with Crippen LogP contribution in [-0.2, 0) is 21.0 Å². The predicted molar refractivity (Wildman–Crippen MR) is 75.8 cm³/mol. The minimum absolute atomic E-state index is 0.0785. The number of hydrogen-bond acceptors (Lipinski definition) is 4. The summed E-state index contributed by atoms with van der Waals surface area (Å²) in [6.45, 7) is 0.418. The average molecular weight is 351 g/mol. The predicted octanol–water partition coefficient (Wildman–Crippen LogP) is 0.497. The van der Waals surface area contributed by atoms with Gasteiger partial charge in [-0.05, 0) is 24.3 Å². The van der Waals surface area contributed by atoms with Crippen LogP contribution in [0, 0.1) is 0 Å². The van der Waals surface area contributed by atoms with Crippen molar-refractivity contribution in [1.82, 2.24) is 9.21 Å². The van der Waals surface area contributed by atoms with E-state index >= 15 is 0 Å². The van der Waals surface area contributed by atoms with Crippen molar-refractivity contribution >= 4 is 15.9 Å². The Morgan fingerprint density at radius 2 is 1.61 bits per heavy atom. The van der Waals surface area contributed by atoms with Gasteiger partial charge in [0.2, 0.25) is 15.9 Å². The number of benzene rings is 1. The van der Waals surface area contributed by atoms with Crippen LogP contribution in [0.3, 0.4) is 0 Å². The number of rotatable bonds is 3. The minimum Gasteiger partial charge on any atom is -0.339 e. The van der Waals surface area contributed by atoms with Crippen molar-refractivity contribution < 1.29 is 26.4 Å². The van der Waals surface area contributed by atoms with Gasteiger partial charge in [-0.2, -0.15) is 17.5 Å². The summed E-state index contributed by atoms with van der Waals surface area (Å²) in [5.74, 6) is -0.267. The fraction of sp³-hybridized carbons (Fsp3) is 0.462. The molecule has 0 atom stereocenters. The molecule has 10 heteroatoms. The Hall–Kier alpha value is -1.65. The normalized spacial score (nSPS) is 17.3. The number of hydrogen-bond donors (Lipinski definition) is 1. The highest BCUT2D eigenvalue weighted by atomic mass is 32.2. The topological polar surface area (TPSA) is 83.7 Å². The fourth-order valence-electron chi connectivity index (χ4n) is 2.27. The lowest BCUT2D eigenvalue weighted by Gasteiger charge is -2.33. The van der Waals surface area contributed by atoms with E-state index in [1.807, 2.05) is 0 Å². The first-order chi connectivity index (χ1) is 10.7. The van der Waals surface area contributed by atoms with Crippen LogP contribution in [0.15, 0.2) is 29.2 Å². The molecular weight excluding hydrogens is 335 g/mol. The molecule has 6 nitrogen and oxygen atoms in total. The Morgan fingerprint density at radius 1 is 1.09 bits per heavy atom. The second-order valence-electron chi connectivity index (χ2n) is 5.01. The highest BCUT2D eigenvalue weighted by molar-refractivity contribution is 7.89. The molecule has 128 valence electrons. The lowest BCUT2D eigenvalue weighted by atomic mass is 10.2. The minimum atomic E-state index is -4.52. The van der Waals surface area contributed by atoms with E-state index in [9.17, 15) is 26.4 Å². The Balaban J connectivity index is 2.12. The summed E-state index contributed by atoms with van der Waals surface area (Å²) in [5, 5.41) is 0. The van der Waals surface area contributed by atoms with E-state index in [0.29, 0.717) is 0 Å². The van der Waals surface area contributed by atoms with Gasteiger partial charge in [-0.15, -0.1) is 0 Å². The van der Waals surface area contributed by atoms with Crippen molar-refractivity contribution in [3.05, 3.63) is 29.8 Å². The number of alkyl halides is 3. The van der Waals surface area contributed by atoms with E-state index in [4.69, 9.17) is 5.73 Å². The van der Waals surface area contributed by atoms with Gasteiger partial charge in [0.25, 0.3) is 0 Å². The number of halogens is 3. The number of nitrogens with zero attached hydrogens (tertiary/aromatic N) is 2. The van der Waals surface area contributed by atoms with Crippen molar-refractivity contribution in [1.29, 1.82) is 0 Å². The quantitative estimate of drug-likeness (QED) is 0.859. The zero-order valence-corrected chi connectivity index (χ0v) is 12.9. The Bertz CT molecular complexity index is 666. The number of amides is 1. The van der Waals surface area contributed by atoms with Gasteiger partial charge in [0.15, 0.2) is 0 Å². The van der Waals surface area contributed by atoms with Crippen molar-refractivity contribution in [2.75, 3.05) is 32.7 Å². The first kappa shape index (κ1) is 17.7. The highest BCUT2D eigenvalue weighted by Gasteiger charge is 2.33. The summed E-state index contributed by atoms with van der Waals surface area (Å²) in [6.07, 6.45) is -4.52. The van der Waals surface area contributed by atoms with Gasteiger partial charge in [-0.25, -0.2) is 8.42 Å². The van der Waals surface area contributed by atoms with E-state index in [2.05, 4.69) is 0 Å². The smallest absolute Gasteiger partial charge is 0.339 e. The molecule has 0 spiro atoms. The molecule has 0 unspecified atom stereocenters. The molecule has 23 heavy (non-hydrogen) atoms. The van der Waals surface area contributed by atoms with Crippen LogP contribution in [0.5, 0.6) is 0 Å². The van der Waals surface area contributed by atoms with Crippen molar-refractivity contribution in [2.45, 2.75) is 11.1 Å². The van der Waals surface area contributed by atoms with Crippen molar-refractivity contribution in [3.8, 4) is 0 Å². The van der Waals surface area contributed by atoms with E-state index in [0.717, 1.165) is 28.6 Å². The third-order valence-electron chi connectivity index (χ3n) is 3.59. The van der Waals surface area contributed by atoms with E-state index in [1.54, 1.807) is 0 Å². The molecule has 1 heterocycles. The first-order valence-electron chi connectivity index (χ1n) is 6.81. The fourth-order valence-corrected chi connectivity index (χ4v) is 3.69. The summed E-state index contributed by atoms with van der Waals surface area (Å²) in [6, 6.07) is 3.35. The maximum absolute atomic E-state index is 12.5. The molecule has 2 N–H and O–H groups in total. The number of nitrogens with two attached hydrogens (primary N) is 1. The molecular formula is C13H16F3N3O3S. The third-order valence-corrected chi connectivity index (χ3v) is 5.50. The van der Waals surface area contributed by atoms with Crippen LogP contribution in [0.4, 0.5) is 13.2 Å². The summed E-state index contributed by atoms with van der Waals surface area (Å²) in [5.41, 5.74) is 4.34. The molecule has 0 saturated carbocycles. The van der Waals surface area contributed by atoms with E-state index < -0.39 is 21.8 Å². The van der Waals surface area contributed by atoms with Gasteiger partial charge in [0.05, 0.1) is 17.0 Å². The van der Waals surface area contributed by atoms with Crippen LogP contribution in [0.25, 0.3) is 0 Å². The number of carbonyl (C=O) groups is 1. The Kier molecular flexibility index (Phi) is 4.97. The third kappa shape index (κ3) is 3.82. The molecule has 0 aromatic heterocycles.